The zero-order valence-electron chi connectivity index (χ0n) is 10.7. The zero-order valence-corrected chi connectivity index (χ0v) is 10.7. The molecular weight excluding hydrogens is 212 g/mol. The van der Waals surface area contributed by atoms with Gasteiger partial charge in [-0.15, -0.1) is 0 Å². The van der Waals surface area contributed by atoms with Gasteiger partial charge in [-0.1, -0.05) is 0 Å². The topological polar surface area (TPSA) is 24.3 Å². The number of imidazole rings is 1. The van der Waals surface area contributed by atoms with Crippen molar-refractivity contribution < 1.29 is 0 Å². The van der Waals surface area contributed by atoms with Crippen LogP contribution in [0.1, 0.15) is 25.6 Å². The molecule has 2 fully saturated rings. The van der Waals surface area contributed by atoms with E-state index in [1.54, 1.807) is 0 Å². The van der Waals surface area contributed by atoms with E-state index >= 15 is 0 Å². The monoisotopic (exact) mass is 234 g/mol. The van der Waals surface area contributed by atoms with Crippen LogP contribution in [-0.2, 0) is 13.1 Å². The van der Waals surface area contributed by atoms with Crippen LogP contribution in [0.5, 0.6) is 0 Å². The van der Waals surface area contributed by atoms with Crippen LogP contribution in [-0.4, -0.2) is 51.6 Å². The molecule has 0 bridgehead atoms. The Morgan fingerprint density at radius 1 is 1.35 bits per heavy atom. The summed E-state index contributed by atoms with van der Waals surface area (Å²) in [6.45, 7) is 9.23. The van der Waals surface area contributed by atoms with Crippen LogP contribution < -0.4 is 0 Å². The Balaban J connectivity index is 1.62. The van der Waals surface area contributed by atoms with Crippen molar-refractivity contribution in [1.82, 2.24) is 19.4 Å². The minimum absolute atomic E-state index is 0.814. The molecule has 0 amide bonds. The van der Waals surface area contributed by atoms with E-state index in [0.717, 1.165) is 19.1 Å². The highest BCUT2D eigenvalue weighted by Gasteiger charge is 2.30. The van der Waals surface area contributed by atoms with E-state index in [0.29, 0.717) is 0 Å². The van der Waals surface area contributed by atoms with Crippen LogP contribution in [0.2, 0.25) is 0 Å². The van der Waals surface area contributed by atoms with E-state index in [-0.39, 0.29) is 0 Å². The smallest absolute Gasteiger partial charge is 0.122 e. The molecule has 0 unspecified atom stereocenters. The Kier molecular flexibility index (Phi) is 3.16. The van der Waals surface area contributed by atoms with Crippen molar-refractivity contribution in [2.24, 2.45) is 0 Å². The van der Waals surface area contributed by atoms with E-state index in [1.807, 2.05) is 6.20 Å². The Bertz CT molecular complexity index is 373. The van der Waals surface area contributed by atoms with E-state index in [2.05, 4.69) is 32.5 Å². The summed E-state index contributed by atoms with van der Waals surface area (Å²) in [5.41, 5.74) is 0. The molecule has 0 saturated carbocycles. The minimum Gasteiger partial charge on any atom is -0.334 e. The Morgan fingerprint density at radius 2 is 2.29 bits per heavy atom. The van der Waals surface area contributed by atoms with Gasteiger partial charge in [0.25, 0.3) is 0 Å². The van der Waals surface area contributed by atoms with Gasteiger partial charge >= 0.3 is 0 Å². The third-order valence-corrected chi connectivity index (χ3v) is 4.18. The summed E-state index contributed by atoms with van der Waals surface area (Å²) in [5, 5.41) is 0. The minimum atomic E-state index is 0.814. The lowest BCUT2D eigenvalue weighted by Gasteiger charge is -2.37. The molecule has 0 aromatic carbocycles. The van der Waals surface area contributed by atoms with Gasteiger partial charge in [-0.25, -0.2) is 4.98 Å². The lowest BCUT2D eigenvalue weighted by Crippen LogP contribution is -2.49. The van der Waals surface area contributed by atoms with Crippen molar-refractivity contribution in [3.05, 3.63) is 18.2 Å². The van der Waals surface area contributed by atoms with Crippen LogP contribution in [0.3, 0.4) is 0 Å². The van der Waals surface area contributed by atoms with Gasteiger partial charge in [0.1, 0.15) is 5.82 Å². The third-order valence-electron chi connectivity index (χ3n) is 4.18. The molecule has 2 aliphatic rings. The third kappa shape index (κ3) is 2.24. The molecule has 3 heterocycles. The van der Waals surface area contributed by atoms with Gasteiger partial charge < -0.3 is 4.57 Å². The summed E-state index contributed by atoms with van der Waals surface area (Å²) < 4.78 is 2.25. The molecular formula is C13H22N4. The SMILES string of the molecule is CCn1ccnc1CN1CCN2CCC[C@H]2C1. The van der Waals surface area contributed by atoms with Crippen LogP contribution in [0.25, 0.3) is 0 Å². The molecule has 0 aliphatic carbocycles. The maximum Gasteiger partial charge on any atom is 0.122 e. The molecule has 4 heteroatoms. The van der Waals surface area contributed by atoms with E-state index in [1.165, 1.54) is 44.8 Å². The number of rotatable bonds is 3. The Hall–Kier alpha value is -0.870. The van der Waals surface area contributed by atoms with Crippen molar-refractivity contribution in [3.8, 4) is 0 Å². The number of piperazine rings is 1. The van der Waals surface area contributed by atoms with Gasteiger partial charge in [-0.3, -0.25) is 9.80 Å². The fourth-order valence-corrected chi connectivity index (χ4v) is 3.18. The summed E-state index contributed by atoms with van der Waals surface area (Å²) in [4.78, 5) is 9.70. The van der Waals surface area contributed by atoms with Gasteiger partial charge in [0.15, 0.2) is 0 Å². The molecule has 1 atom stereocenters. The fraction of sp³-hybridized carbons (Fsp3) is 0.769. The number of aromatic nitrogens is 2. The average molecular weight is 234 g/mol. The van der Waals surface area contributed by atoms with Crippen LogP contribution >= 0.6 is 0 Å². The second-order valence-corrected chi connectivity index (χ2v) is 5.20. The lowest BCUT2D eigenvalue weighted by molar-refractivity contribution is 0.0966. The molecule has 0 spiro atoms. The highest BCUT2D eigenvalue weighted by Crippen LogP contribution is 2.22. The van der Waals surface area contributed by atoms with Gasteiger partial charge in [-0.2, -0.15) is 0 Å². The molecule has 0 N–H and O–H groups in total. The van der Waals surface area contributed by atoms with Crippen molar-refractivity contribution in [1.29, 1.82) is 0 Å². The first-order valence-corrected chi connectivity index (χ1v) is 6.83. The lowest BCUT2D eigenvalue weighted by atomic mass is 10.1. The van der Waals surface area contributed by atoms with E-state index in [4.69, 9.17) is 0 Å². The number of hydrogen-bond donors (Lipinski definition) is 0. The molecule has 3 rings (SSSR count). The first kappa shape index (κ1) is 11.2. The standard InChI is InChI=1S/C13H22N4/c1-2-16-7-5-14-13(16)11-15-8-9-17-6-3-4-12(17)10-15/h5,7,12H,2-4,6,8-11H2,1H3/t12-/m0/s1. The second kappa shape index (κ2) is 4.78. The average Bonchev–Trinajstić information content (AvgIpc) is 2.96. The molecule has 0 radical (unpaired) electrons. The number of fused-ring (bicyclic) bond motifs is 1. The Morgan fingerprint density at radius 3 is 3.18 bits per heavy atom. The van der Waals surface area contributed by atoms with Crippen LogP contribution in [0, 0.1) is 0 Å². The van der Waals surface area contributed by atoms with Gasteiger partial charge in [0.2, 0.25) is 0 Å². The molecule has 2 saturated heterocycles. The summed E-state index contributed by atoms with van der Waals surface area (Å²) in [6.07, 6.45) is 6.78. The van der Waals surface area contributed by atoms with E-state index in [9.17, 15) is 0 Å². The maximum absolute atomic E-state index is 4.47. The predicted molar refractivity (Wildman–Crippen MR) is 67.8 cm³/mol. The molecule has 1 aromatic rings. The molecule has 17 heavy (non-hydrogen) atoms. The van der Waals surface area contributed by atoms with Gasteiger partial charge in [-0.05, 0) is 26.3 Å². The number of hydrogen-bond acceptors (Lipinski definition) is 3. The largest absolute Gasteiger partial charge is 0.334 e. The fourth-order valence-electron chi connectivity index (χ4n) is 3.18. The molecule has 1 aromatic heterocycles. The molecule has 4 nitrogen and oxygen atoms in total. The zero-order chi connectivity index (χ0) is 11.7. The van der Waals surface area contributed by atoms with Gasteiger partial charge in [0, 0.05) is 44.6 Å². The van der Waals surface area contributed by atoms with E-state index < -0.39 is 0 Å². The van der Waals surface area contributed by atoms with Gasteiger partial charge in [0.05, 0.1) is 6.54 Å². The second-order valence-electron chi connectivity index (χ2n) is 5.20. The maximum atomic E-state index is 4.47. The highest BCUT2D eigenvalue weighted by atomic mass is 15.3. The summed E-state index contributed by atoms with van der Waals surface area (Å²) in [7, 11) is 0. The number of aryl methyl sites for hydroxylation is 1. The van der Waals surface area contributed by atoms with Crippen molar-refractivity contribution in [3.63, 3.8) is 0 Å². The number of nitrogens with zero attached hydrogens (tertiary/aromatic N) is 4. The quantitative estimate of drug-likeness (QED) is 0.785. The highest BCUT2D eigenvalue weighted by molar-refractivity contribution is 4.94. The summed E-state index contributed by atoms with van der Waals surface area (Å²) >= 11 is 0. The summed E-state index contributed by atoms with van der Waals surface area (Å²) in [6, 6.07) is 0.814. The Labute approximate surface area is 103 Å². The first-order chi connectivity index (χ1) is 8.36. The summed E-state index contributed by atoms with van der Waals surface area (Å²) in [5.74, 6) is 1.22. The van der Waals surface area contributed by atoms with Crippen molar-refractivity contribution in [2.45, 2.75) is 38.9 Å². The normalized spacial score (nSPS) is 26.3. The first-order valence-electron chi connectivity index (χ1n) is 6.83. The van der Waals surface area contributed by atoms with Crippen LogP contribution in [0.4, 0.5) is 0 Å². The van der Waals surface area contributed by atoms with Crippen molar-refractivity contribution >= 4 is 0 Å². The molecule has 94 valence electrons. The molecule has 2 aliphatic heterocycles. The van der Waals surface area contributed by atoms with Crippen LogP contribution in [0.15, 0.2) is 12.4 Å². The predicted octanol–water partition coefficient (Wildman–Crippen LogP) is 1.18. The van der Waals surface area contributed by atoms with Crippen molar-refractivity contribution in [2.75, 3.05) is 26.2 Å².